The molecule has 0 fully saturated rings. The van der Waals surface area contributed by atoms with Gasteiger partial charge in [0.05, 0.1) is 11.9 Å². The van der Waals surface area contributed by atoms with Gasteiger partial charge in [0.2, 0.25) is 0 Å². The smallest absolute Gasteiger partial charge is 0.274 e. The number of amides is 1. The minimum absolute atomic E-state index is 0.0216. The molecule has 2 aromatic heterocycles. The summed E-state index contributed by atoms with van der Waals surface area (Å²) in [7, 11) is 3.71. The number of hydrogen-bond acceptors (Lipinski definition) is 3. The van der Waals surface area contributed by atoms with Crippen LogP contribution in [0.5, 0.6) is 0 Å². The van der Waals surface area contributed by atoms with Crippen molar-refractivity contribution in [1.29, 1.82) is 0 Å². The molecule has 0 saturated carbocycles. The van der Waals surface area contributed by atoms with Crippen LogP contribution < -0.4 is 0 Å². The van der Waals surface area contributed by atoms with Crippen LogP contribution in [0.4, 0.5) is 0 Å². The molecule has 0 bridgehead atoms. The number of benzene rings is 1. The van der Waals surface area contributed by atoms with Crippen molar-refractivity contribution in [3.63, 3.8) is 0 Å². The molecule has 0 saturated heterocycles. The number of carbonyl (C=O) groups is 1. The van der Waals surface area contributed by atoms with E-state index in [9.17, 15) is 4.79 Å². The van der Waals surface area contributed by atoms with Crippen molar-refractivity contribution in [1.82, 2.24) is 24.2 Å². The fraction of sp³-hybridized carbons (Fsp3) is 0.381. The monoisotopic (exact) mass is 363 g/mol. The summed E-state index contributed by atoms with van der Waals surface area (Å²) in [6, 6.07) is 10.2. The molecule has 0 aliphatic carbocycles. The molecule has 1 aliphatic heterocycles. The van der Waals surface area contributed by atoms with Crippen molar-refractivity contribution in [3.05, 3.63) is 59.7 Å². The van der Waals surface area contributed by atoms with Crippen molar-refractivity contribution < 1.29 is 4.79 Å². The standard InChI is InChI=1S/C21H25N5O/c1-24(14-16-13-22-25(2)15-16)21(27)19-18-11-7-4-8-12-26(18)20(23-19)17-9-5-3-6-10-17/h3,5-6,9-10,13,15H,4,7-8,11-12,14H2,1-2H3. The van der Waals surface area contributed by atoms with E-state index in [1.54, 1.807) is 15.8 Å². The van der Waals surface area contributed by atoms with E-state index in [2.05, 4.69) is 21.8 Å². The minimum atomic E-state index is -0.0216. The van der Waals surface area contributed by atoms with Gasteiger partial charge in [-0.15, -0.1) is 0 Å². The van der Waals surface area contributed by atoms with Crippen molar-refractivity contribution in [2.75, 3.05) is 7.05 Å². The highest BCUT2D eigenvalue weighted by atomic mass is 16.2. The van der Waals surface area contributed by atoms with E-state index in [4.69, 9.17) is 4.98 Å². The molecule has 27 heavy (non-hydrogen) atoms. The summed E-state index contributed by atoms with van der Waals surface area (Å²) in [5, 5.41) is 4.19. The summed E-state index contributed by atoms with van der Waals surface area (Å²) < 4.78 is 4.01. The quantitative estimate of drug-likeness (QED) is 0.715. The summed E-state index contributed by atoms with van der Waals surface area (Å²) >= 11 is 0. The summed E-state index contributed by atoms with van der Waals surface area (Å²) in [6.45, 7) is 1.45. The Labute approximate surface area is 159 Å². The zero-order valence-corrected chi connectivity index (χ0v) is 15.9. The molecule has 1 amide bonds. The normalized spacial score (nSPS) is 13.9. The maximum Gasteiger partial charge on any atom is 0.274 e. The van der Waals surface area contributed by atoms with Crippen LogP contribution in [0.1, 0.15) is 41.0 Å². The molecule has 0 unspecified atom stereocenters. The molecule has 3 aromatic rings. The zero-order valence-electron chi connectivity index (χ0n) is 15.9. The van der Waals surface area contributed by atoms with E-state index in [0.29, 0.717) is 12.2 Å². The highest BCUT2D eigenvalue weighted by Crippen LogP contribution is 2.28. The third-order valence-electron chi connectivity index (χ3n) is 5.13. The molecule has 3 heterocycles. The number of aryl methyl sites for hydroxylation is 1. The van der Waals surface area contributed by atoms with E-state index in [0.717, 1.165) is 48.5 Å². The van der Waals surface area contributed by atoms with E-state index in [1.807, 2.05) is 38.5 Å². The zero-order chi connectivity index (χ0) is 18.8. The summed E-state index contributed by atoms with van der Waals surface area (Å²) in [4.78, 5) is 19.8. The Balaban J connectivity index is 1.69. The predicted molar refractivity (Wildman–Crippen MR) is 104 cm³/mol. The van der Waals surface area contributed by atoms with Gasteiger partial charge in [0, 0.05) is 44.5 Å². The number of hydrogen-bond donors (Lipinski definition) is 0. The molecule has 1 aromatic carbocycles. The van der Waals surface area contributed by atoms with Gasteiger partial charge < -0.3 is 9.47 Å². The molecular weight excluding hydrogens is 338 g/mol. The van der Waals surface area contributed by atoms with Gasteiger partial charge in [-0.3, -0.25) is 9.48 Å². The molecule has 0 N–H and O–H groups in total. The summed E-state index contributed by atoms with van der Waals surface area (Å²) in [5.74, 6) is 0.886. The predicted octanol–water partition coefficient (Wildman–Crippen LogP) is 3.28. The van der Waals surface area contributed by atoms with E-state index in [1.165, 1.54) is 6.42 Å². The number of carbonyl (C=O) groups excluding carboxylic acids is 1. The van der Waals surface area contributed by atoms with Crippen molar-refractivity contribution in [2.24, 2.45) is 7.05 Å². The molecule has 4 rings (SSSR count). The Kier molecular flexibility index (Phi) is 4.79. The second-order valence-corrected chi connectivity index (χ2v) is 7.24. The van der Waals surface area contributed by atoms with Crippen molar-refractivity contribution in [3.8, 4) is 11.4 Å². The fourth-order valence-electron chi connectivity index (χ4n) is 3.78. The van der Waals surface area contributed by atoms with Crippen LogP contribution in [0.25, 0.3) is 11.4 Å². The Hall–Kier alpha value is -2.89. The van der Waals surface area contributed by atoms with Gasteiger partial charge in [-0.1, -0.05) is 36.8 Å². The lowest BCUT2D eigenvalue weighted by molar-refractivity contribution is 0.0778. The third-order valence-corrected chi connectivity index (χ3v) is 5.13. The average molecular weight is 363 g/mol. The van der Waals surface area contributed by atoms with Gasteiger partial charge in [0.25, 0.3) is 5.91 Å². The molecule has 1 aliphatic rings. The van der Waals surface area contributed by atoms with Crippen LogP contribution in [-0.4, -0.2) is 37.2 Å². The molecule has 0 spiro atoms. The first kappa shape index (κ1) is 17.5. The lowest BCUT2D eigenvalue weighted by atomic mass is 10.1. The van der Waals surface area contributed by atoms with Gasteiger partial charge >= 0.3 is 0 Å². The molecule has 6 heteroatoms. The first-order valence-electron chi connectivity index (χ1n) is 9.51. The Morgan fingerprint density at radius 1 is 1.19 bits per heavy atom. The number of rotatable bonds is 4. The van der Waals surface area contributed by atoms with Gasteiger partial charge in [0.15, 0.2) is 0 Å². The van der Waals surface area contributed by atoms with Gasteiger partial charge in [-0.05, 0) is 19.3 Å². The maximum atomic E-state index is 13.2. The Morgan fingerprint density at radius 2 is 2.00 bits per heavy atom. The lowest BCUT2D eigenvalue weighted by Crippen LogP contribution is -2.27. The molecule has 6 nitrogen and oxygen atoms in total. The van der Waals surface area contributed by atoms with Crippen LogP contribution in [0.15, 0.2) is 42.7 Å². The summed E-state index contributed by atoms with van der Waals surface area (Å²) in [5.41, 5.74) is 3.76. The highest BCUT2D eigenvalue weighted by molar-refractivity contribution is 5.94. The maximum absolute atomic E-state index is 13.2. The summed E-state index contributed by atoms with van der Waals surface area (Å²) in [6.07, 6.45) is 8.06. The Morgan fingerprint density at radius 3 is 2.74 bits per heavy atom. The number of imidazole rings is 1. The minimum Gasteiger partial charge on any atom is -0.336 e. The first-order chi connectivity index (χ1) is 13.1. The molecular formula is C21H25N5O. The van der Waals surface area contributed by atoms with Crippen LogP contribution in [0.3, 0.4) is 0 Å². The first-order valence-corrected chi connectivity index (χ1v) is 9.51. The molecule has 0 radical (unpaired) electrons. The number of fused-ring (bicyclic) bond motifs is 1. The van der Waals surface area contributed by atoms with E-state index < -0.39 is 0 Å². The van der Waals surface area contributed by atoms with Crippen LogP contribution in [0, 0.1) is 0 Å². The van der Waals surface area contributed by atoms with Crippen molar-refractivity contribution >= 4 is 5.91 Å². The van der Waals surface area contributed by atoms with E-state index >= 15 is 0 Å². The van der Waals surface area contributed by atoms with Crippen LogP contribution in [-0.2, 0) is 26.6 Å². The number of nitrogens with zero attached hydrogens (tertiary/aromatic N) is 5. The third kappa shape index (κ3) is 3.52. The topological polar surface area (TPSA) is 56.0 Å². The second-order valence-electron chi connectivity index (χ2n) is 7.24. The van der Waals surface area contributed by atoms with Crippen LogP contribution in [0.2, 0.25) is 0 Å². The van der Waals surface area contributed by atoms with Crippen molar-refractivity contribution in [2.45, 2.75) is 38.8 Å². The Bertz CT molecular complexity index is 941. The largest absolute Gasteiger partial charge is 0.336 e. The van der Waals surface area contributed by atoms with Crippen LogP contribution >= 0.6 is 0 Å². The van der Waals surface area contributed by atoms with E-state index in [-0.39, 0.29) is 5.91 Å². The number of aromatic nitrogens is 4. The fourth-order valence-corrected chi connectivity index (χ4v) is 3.78. The molecule has 0 atom stereocenters. The SMILES string of the molecule is CN(Cc1cnn(C)c1)C(=O)c1nc(-c2ccccc2)n2c1CCCCC2. The average Bonchev–Trinajstić information content (AvgIpc) is 3.16. The molecule has 140 valence electrons. The van der Waals surface area contributed by atoms with Gasteiger partial charge in [0.1, 0.15) is 11.5 Å². The second kappa shape index (κ2) is 7.39. The highest BCUT2D eigenvalue weighted by Gasteiger charge is 2.26. The van der Waals surface area contributed by atoms with Gasteiger partial charge in [-0.2, -0.15) is 5.10 Å². The lowest BCUT2D eigenvalue weighted by Gasteiger charge is -2.16. The van der Waals surface area contributed by atoms with Gasteiger partial charge in [-0.25, -0.2) is 4.98 Å².